The quantitative estimate of drug-likeness (QED) is 0.518. The highest BCUT2D eigenvalue weighted by atomic mass is 16.5. The highest BCUT2D eigenvalue weighted by Crippen LogP contribution is 2.29. The van der Waals surface area contributed by atoms with Gasteiger partial charge in [-0.2, -0.15) is 4.98 Å². The van der Waals surface area contributed by atoms with Gasteiger partial charge in [-0.1, -0.05) is 12.1 Å². The maximum absolute atomic E-state index is 13.1. The number of aryl methyl sites for hydroxylation is 2. The number of carbonyl (C=O) groups excluding carboxylic acids is 1. The van der Waals surface area contributed by atoms with Crippen molar-refractivity contribution >= 4 is 22.8 Å². The van der Waals surface area contributed by atoms with Gasteiger partial charge in [-0.3, -0.25) is 23.1 Å². The normalized spacial score (nSPS) is 11.5. The topological polar surface area (TPSA) is 119 Å². The van der Waals surface area contributed by atoms with Crippen molar-refractivity contribution in [3.05, 3.63) is 56.5 Å². The van der Waals surface area contributed by atoms with E-state index in [1.807, 2.05) is 49.6 Å². The van der Waals surface area contributed by atoms with Gasteiger partial charge in [0.05, 0.1) is 12.3 Å². The Bertz CT molecular complexity index is 1440. The number of primary amides is 1. The number of carbonyl (C=O) groups is 1. The lowest BCUT2D eigenvalue weighted by Gasteiger charge is -2.12. The molecule has 0 bridgehead atoms. The van der Waals surface area contributed by atoms with Crippen LogP contribution in [-0.4, -0.2) is 35.6 Å². The standard InChI is InChI=1S/C20H22N6O4/c1-5-30-14-9-7-6-8-13(14)25-11(2)12(3)26-16-17(22-19(25)26)23(4)20(29)24(18(16)28)10-15(21)27/h6-9H,5,10H2,1-4H3,(H2,21,27). The first kappa shape index (κ1) is 19.5. The number of amides is 1. The number of benzene rings is 1. The molecule has 0 saturated heterocycles. The predicted molar refractivity (Wildman–Crippen MR) is 111 cm³/mol. The third kappa shape index (κ3) is 2.64. The molecule has 3 aromatic heterocycles. The second kappa shape index (κ2) is 6.90. The van der Waals surface area contributed by atoms with Crippen molar-refractivity contribution in [3.63, 3.8) is 0 Å². The lowest BCUT2D eigenvalue weighted by atomic mass is 10.2. The van der Waals surface area contributed by atoms with Crippen LogP contribution in [0, 0.1) is 13.8 Å². The van der Waals surface area contributed by atoms with Crippen molar-refractivity contribution < 1.29 is 9.53 Å². The smallest absolute Gasteiger partial charge is 0.332 e. The molecular formula is C20H22N6O4. The summed E-state index contributed by atoms with van der Waals surface area (Å²) in [5, 5.41) is 0. The zero-order valence-electron chi connectivity index (χ0n) is 17.2. The summed E-state index contributed by atoms with van der Waals surface area (Å²) in [6.07, 6.45) is 0. The Morgan fingerprint density at radius 3 is 2.53 bits per heavy atom. The third-order valence-electron chi connectivity index (χ3n) is 5.24. The van der Waals surface area contributed by atoms with Gasteiger partial charge in [-0.15, -0.1) is 0 Å². The summed E-state index contributed by atoms with van der Waals surface area (Å²) in [7, 11) is 1.51. The summed E-state index contributed by atoms with van der Waals surface area (Å²) in [5.41, 5.74) is 6.82. The minimum atomic E-state index is -0.773. The van der Waals surface area contributed by atoms with Gasteiger partial charge >= 0.3 is 5.69 Å². The van der Waals surface area contributed by atoms with Crippen molar-refractivity contribution in [1.29, 1.82) is 0 Å². The van der Waals surface area contributed by atoms with Crippen LogP contribution in [0.25, 0.3) is 22.6 Å². The fraction of sp³-hybridized carbons (Fsp3) is 0.300. The number of rotatable bonds is 5. The van der Waals surface area contributed by atoms with Gasteiger partial charge in [0.25, 0.3) is 5.56 Å². The molecule has 0 aliphatic carbocycles. The second-order valence-corrected chi connectivity index (χ2v) is 7.03. The molecule has 4 aromatic rings. The number of fused-ring (bicyclic) bond motifs is 3. The number of hydrogen-bond donors (Lipinski definition) is 1. The Morgan fingerprint density at radius 1 is 1.17 bits per heavy atom. The molecule has 10 nitrogen and oxygen atoms in total. The van der Waals surface area contributed by atoms with Gasteiger partial charge in [-0.25, -0.2) is 9.36 Å². The second-order valence-electron chi connectivity index (χ2n) is 7.03. The maximum Gasteiger partial charge on any atom is 0.332 e. The number of hydrogen-bond acceptors (Lipinski definition) is 5. The van der Waals surface area contributed by atoms with E-state index in [2.05, 4.69) is 4.98 Å². The van der Waals surface area contributed by atoms with Crippen LogP contribution in [0.5, 0.6) is 5.75 Å². The van der Waals surface area contributed by atoms with E-state index in [0.717, 1.165) is 21.6 Å². The molecule has 0 radical (unpaired) electrons. The Balaban J connectivity index is 2.17. The molecule has 156 valence electrons. The molecule has 0 spiro atoms. The Hall–Kier alpha value is -3.82. The fourth-order valence-electron chi connectivity index (χ4n) is 3.75. The van der Waals surface area contributed by atoms with Crippen LogP contribution in [0.1, 0.15) is 18.3 Å². The number of para-hydroxylation sites is 2. The van der Waals surface area contributed by atoms with Crippen LogP contribution in [0.15, 0.2) is 33.9 Å². The molecule has 10 heteroatoms. The van der Waals surface area contributed by atoms with Crippen LogP contribution in [-0.2, 0) is 18.4 Å². The molecule has 1 amide bonds. The zero-order valence-corrected chi connectivity index (χ0v) is 17.2. The molecule has 0 aliphatic heterocycles. The summed E-state index contributed by atoms with van der Waals surface area (Å²) >= 11 is 0. The van der Waals surface area contributed by atoms with E-state index in [1.165, 1.54) is 11.6 Å². The number of ether oxygens (including phenoxy) is 1. The van der Waals surface area contributed by atoms with Crippen molar-refractivity contribution in [2.24, 2.45) is 12.8 Å². The van der Waals surface area contributed by atoms with E-state index in [4.69, 9.17) is 10.5 Å². The van der Waals surface area contributed by atoms with Crippen LogP contribution < -0.4 is 21.7 Å². The zero-order chi connectivity index (χ0) is 21.7. The first-order valence-corrected chi connectivity index (χ1v) is 9.48. The Labute approximate surface area is 170 Å². The first-order chi connectivity index (χ1) is 14.3. The van der Waals surface area contributed by atoms with Crippen LogP contribution in [0.4, 0.5) is 0 Å². The van der Waals surface area contributed by atoms with Gasteiger partial charge in [0.1, 0.15) is 12.3 Å². The summed E-state index contributed by atoms with van der Waals surface area (Å²) in [6.45, 7) is 5.69. The predicted octanol–water partition coefficient (Wildman–Crippen LogP) is 0.639. The van der Waals surface area contributed by atoms with E-state index in [9.17, 15) is 14.4 Å². The molecule has 0 saturated carbocycles. The molecule has 30 heavy (non-hydrogen) atoms. The summed E-state index contributed by atoms with van der Waals surface area (Å²) in [6, 6.07) is 7.54. The van der Waals surface area contributed by atoms with Gasteiger partial charge in [-0.05, 0) is 32.9 Å². The van der Waals surface area contributed by atoms with Crippen molar-refractivity contribution in [1.82, 2.24) is 23.1 Å². The van der Waals surface area contributed by atoms with Gasteiger partial charge in [0.15, 0.2) is 11.2 Å². The van der Waals surface area contributed by atoms with E-state index >= 15 is 0 Å². The van der Waals surface area contributed by atoms with E-state index in [0.29, 0.717) is 18.1 Å². The molecule has 3 heterocycles. The van der Waals surface area contributed by atoms with E-state index < -0.39 is 23.7 Å². The average molecular weight is 410 g/mol. The van der Waals surface area contributed by atoms with Gasteiger partial charge in [0, 0.05) is 18.4 Å². The monoisotopic (exact) mass is 410 g/mol. The van der Waals surface area contributed by atoms with Gasteiger partial charge < -0.3 is 10.5 Å². The number of imidazole rings is 2. The highest BCUT2D eigenvalue weighted by molar-refractivity contribution is 5.78. The molecule has 0 fully saturated rings. The molecule has 0 atom stereocenters. The number of aromatic nitrogens is 5. The highest BCUT2D eigenvalue weighted by Gasteiger charge is 2.24. The SMILES string of the molecule is CCOc1ccccc1-n1c(C)c(C)n2c3c(=O)n(CC(N)=O)c(=O)n(C)c3nc12. The molecule has 0 unspecified atom stereocenters. The third-order valence-corrected chi connectivity index (χ3v) is 5.24. The molecule has 2 N–H and O–H groups in total. The van der Waals surface area contributed by atoms with Crippen molar-refractivity contribution in [2.45, 2.75) is 27.3 Å². The van der Waals surface area contributed by atoms with Crippen molar-refractivity contribution in [2.75, 3.05) is 6.61 Å². The minimum Gasteiger partial charge on any atom is -0.492 e. The minimum absolute atomic E-state index is 0.210. The molecule has 0 aliphatic rings. The largest absolute Gasteiger partial charge is 0.492 e. The van der Waals surface area contributed by atoms with Crippen molar-refractivity contribution in [3.8, 4) is 11.4 Å². The number of nitrogens with zero attached hydrogens (tertiary/aromatic N) is 5. The van der Waals surface area contributed by atoms with Crippen LogP contribution in [0.3, 0.4) is 0 Å². The van der Waals surface area contributed by atoms with Crippen LogP contribution in [0.2, 0.25) is 0 Å². The maximum atomic E-state index is 13.1. The molecule has 1 aromatic carbocycles. The fourth-order valence-corrected chi connectivity index (χ4v) is 3.75. The molecule has 4 rings (SSSR count). The van der Waals surface area contributed by atoms with E-state index in [-0.39, 0.29) is 11.2 Å². The summed E-state index contributed by atoms with van der Waals surface area (Å²) in [4.78, 5) is 41.8. The van der Waals surface area contributed by atoms with Gasteiger partial charge in [0.2, 0.25) is 11.7 Å². The van der Waals surface area contributed by atoms with Crippen LogP contribution >= 0.6 is 0 Å². The molecular weight excluding hydrogens is 388 g/mol. The van der Waals surface area contributed by atoms with E-state index in [1.54, 1.807) is 4.40 Å². The number of nitrogens with two attached hydrogens (primary N) is 1. The summed E-state index contributed by atoms with van der Waals surface area (Å²) in [5.74, 6) is 0.370. The summed E-state index contributed by atoms with van der Waals surface area (Å²) < 4.78 is 11.5. The Kier molecular flexibility index (Phi) is 4.49. The first-order valence-electron chi connectivity index (χ1n) is 9.48. The average Bonchev–Trinajstić information content (AvgIpc) is 3.20. The lowest BCUT2D eigenvalue weighted by molar-refractivity contribution is -0.118. The lowest BCUT2D eigenvalue weighted by Crippen LogP contribution is -2.42. The Morgan fingerprint density at radius 2 is 1.87 bits per heavy atom.